The third kappa shape index (κ3) is 3.92. The lowest BCUT2D eigenvalue weighted by atomic mass is 10.2. The van der Waals surface area contributed by atoms with Gasteiger partial charge in [-0.05, 0) is 12.5 Å². The molecule has 1 unspecified atom stereocenters. The summed E-state index contributed by atoms with van der Waals surface area (Å²) in [5, 5.41) is 0. The first kappa shape index (κ1) is 15.7. The number of rotatable bonds is 5. The number of ether oxygens (including phenoxy) is 1. The first-order valence-electron chi connectivity index (χ1n) is 6.62. The largest absolute Gasteiger partial charge is 0.383 e. The lowest BCUT2D eigenvalue weighted by Crippen LogP contribution is -2.43. The number of aromatic amines is 1. The average molecular weight is 314 g/mol. The summed E-state index contributed by atoms with van der Waals surface area (Å²) >= 11 is 0. The number of hydrogen-bond donors (Lipinski definition) is 1. The van der Waals surface area contributed by atoms with Crippen molar-refractivity contribution in [1.29, 1.82) is 0 Å². The Bertz CT molecular complexity index is 667. The number of hydrogen-bond acceptors (Lipinski definition) is 5. The monoisotopic (exact) mass is 314 g/mol. The fraction of sp³-hybridized carbons (Fsp3) is 0.538. The summed E-state index contributed by atoms with van der Waals surface area (Å²) in [6, 6.07) is 3.94. The summed E-state index contributed by atoms with van der Waals surface area (Å²) in [5.41, 5.74) is -0.213. The van der Waals surface area contributed by atoms with E-state index >= 15 is 0 Å². The number of carbonyl (C=O) groups is 1. The van der Waals surface area contributed by atoms with Gasteiger partial charge >= 0.3 is 0 Å². The van der Waals surface area contributed by atoms with Crippen molar-refractivity contribution >= 4 is 15.7 Å². The zero-order valence-electron chi connectivity index (χ0n) is 11.7. The summed E-state index contributed by atoms with van der Waals surface area (Å²) in [6.07, 6.45) is 0.412. The van der Waals surface area contributed by atoms with Gasteiger partial charge in [-0.25, -0.2) is 8.42 Å². The van der Waals surface area contributed by atoms with Crippen molar-refractivity contribution in [2.24, 2.45) is 0 Å². The molecule has 1 atom stereocenters. The molecule has 21 heavy (non-hydrogen) atoms. The number of H-pyrrole nitrogens is 1. The molecule has 1 aliphatic heterocycles. The summed E-state index contributed by atoms with van der Waals surface area (Å²) in [7, 11) is -1.58. The van der Waals surface area contributed by atoms with Gasteiger partial charge in [0.25, 0.3) is 5.91 Å². The normalized spacial score (nSPS) is 20.3. The number of amides is 1. The number of nitrogens with zero attached hydrogens (tertiary/aromatic N) is 1. The molecule has 116 valence electrons. The Morgan fingerprint density at radius 1 is 1.48 bits per heavy atom. The molecule has 0 bridgehead atoms. The first-order valence-corrected chi connectivity index (χ1v) is 8.45. The molecule has 1 fully saturated rings. The highest BCUT2D eigenvalue weighted by atomic mass is 32.2. The van der Waals surface area contributed by atoms with Gasteiger partial charge in [-0.1, -0.05) is 6.07 Å². The van der Waals surface area contributed by atoms with Crippen molar-refractivity contribution in [3.8, 4) is 0 Å². The van der Waals surface area contributed by atoms with Crippen molar-refractivity contribution in [3.05, 3.63) is 34.2 Å². The van der Waals surface area contributed by atoms with Crippen LogP contribution in [0.4, 0.5) is 0 Å². The predicted octanol–water partition coefficient (Wildman–Crippen LogP) is -0.349. The van der Waals surface area contributed by atoms with Crippen molar-refractivity contribution < 1.29 is 17.9 Å². The standard InChI is InChI=1S/C13H18N2O5S/c1-20-7-6-15(10-5-8-21(18,19)9-10)13(17)11-3-2-4-12(16)14-11/h2-4,10H,5-9H2,1H3,(H,14,16). The van der Waals surface area contributed by atoms with Gasteiger partial charge < -0.3 is 14.6 Å². The highest BCUT2D eigenvalue weighted by Crippen LogP contribution is 2.19. The van der Waals surface area contributed by atoms with Crippen LogP contribution in [0.2, 0.25) is 0 Å². The fourth-order valence-corrected chi connectivity index (χ4v) is 4.12. The molecule has 0 aromatic carbocycles. The van der Waals surface area contributed by atoms with Crippen LogP contribution >= 0.6 is 0 Å². The van der Waals surface area contributed by atoms with Crippen molar-refractivity contribution in [2.75, 3.05) is 31.8 Å². The molecule has 2 rings (SSSR count). The molecule has 1 aliphatic rings. The summed E-state index contributed by atoms with van der Waals surface area (Å²) in [5.74, 6) is -0.342. The Kier molecular flexibility index (Phi) is 4.79. The minimum absolute atomic E-state index is 0.0421. The van der Waals surface area contributed by atoms with E-state index in [-0.39, 0.29) is 41.3 Å². The van der Waals surface area contributed by atoms with Crippen molar-refractivity contribution in [2.45, 2.75) is 12.5 Å². The summed E-state index contributed by atoms with van der Waals surface area (Å²) in [6.45, 7) is 0.589. The van der Waals surface area contributed by atoms with Gasteiger partial charge in [0.05, 0.1) is 18.1 Å². The zero-order valence-corrected chi connectivity index (χ0v) is 12.6. The van der Waals surface area contributed by atoms with E-state index in [0.29, 0.717) is 13.0 Å². The van der Waals surface area contributed by atoms with Crippen LogP contribution in [0.15, 0.2) is 23.0 Å². The second kappa shape index (κ2) is 6.40. The lowest BCUT2D eigenvalue weighted by Gasteiger charge is -2.27. The molecular formula is C13H18N2O5S. The van der Waals surface area contributed by atoms with Gasteiger partial charge in [0.15, 0.2) is 9.84 Å². The Balaban J connectivity index is 2.23. The van der Waals surface area contributed by atoms with Crippen LogP contribution in [0.25, 0.3) is 0 Å². The molecular weight excluding hydrogens is 296 g/mol. The summed E-state index contributed by atoms with van der Waals surface area (Å²) in [4.78, 5) is 27.8. The molecule has 1 aromatic heterocycles. The van der Waals surface area contributed by atoms with Gasteiger partial charge in [-0.3, -0.25) is 9.59 Å². The molecule has 1 saturated heterocycles. The maximum Gasteiger partial charge on any atom is 0.270 e. The SMILES string of the molecule is COCCN(C(=O)c1cccc(=O)[nH]1)C1CCS(=O)(=O)C1. The maximum atomic E-state index is 12.5. The van der Waals surface area contributed by atoms with Crippen LogP contribution < -0.4 is 5.56 Å². The fourth-order valence-electron chi connectivity index (χ4n) is 2.39. The first-order chi connectivity index (χ1) is 9.93. The highest BCUT2D eigenvalue weighted by Gasteiger charge is 2.35. The van der Waals surface area contributed by atoms with Gasteiger partial charge in [0.1, 0.15) is 5.69 Å². The lowest BCUT2D eigenvalue weighted by molar-refractivity contribution is 0.0618. The van der Waals surface area contributed by atoms with E-state index in [1.165, 1.54) is 30.2 Å². The van der Waals surface area contributed by atoms with Gasteiger partial charge in [-0.15, -0.1) is 0 Å². The van der Waals surface area contributed by atoms with Gasteiger partial charge in [-0.2, -0.15) is 0 Å². The number of methoxy groups -OCH3 is 1. The highest BCUT2D eigenvalue weighted by molar-refractivity contribution is 7.91. The zero-order chi connectivity index (χ0) is 15.5. The summed E-state index contributed by atoms with van der Waals surface area (Å²) < 4.78 is 28.2. The molecule has 0 aliphatic carbocycles. The minimum atomic E-state index is -3.10. The number of sulfone groups is 1. The van der Waals surface area contributed by atoms with E-state index in [2.05, 4.69) is 4.98 Å². The minimum Gasteiger partial charge on any atom is -0.383 e. The molecule has 8 heteroatoms. The van der Waals surface area contributed by atoms with E-state index in [1.807, 2.05) is 0 Å². The Morgan fingerprint density at radius 2 is 2.24 bits per heavy atom. The van der Waals surface area contributed by atoms with E-state index in [0.717, 1.165) is 0 Å². The second-order valence-electron chi connectivity index (χ2n) is 4.98. The number of carbonyl (C=O) groups excluding carboxylic acids is 1. The van der Waals surface area contributed by atoms with E-state index in [9.17, 15) is 18.0 Å². The van der Waals surface area contributed by atoms with E-state index < -0.39 is 9.84 Å². The third-order valence-corrected chi connectivity index (χ3v) is 5.20. The van der Waals surface area contributed by atoms with Crippen LogP contribution in [0.3, 0.4) is 0 Å². The molecule has 0 spiro atoms. The van der Waals surface area contributed by atoms with Gasteiger partial charge in [0.2, 0.25) is 5.56 Å². The van der Waals surface area contributed by atoms with E-state index in [1.54, 1.807) is 0 Å². The topological polar surface area (TPSA) is 96.5 Å². The number of nitrogens with one attached hydrogen (secondary N) is 1. The number of aromatic nitrogens is 1. The molecule has 1 aromatic rings. The number of pyridine rings is 1. The van der Waals surface area contributed by atoms with Crippen LogP contribution in [-0.4, -0.2) is 62.0 Å². The van der Waals surface area contributed by atoms with Crippen molar-refractivity contribution in [1.82, 2.24) is 9.88 Å². The van der Waals surface area contributed by atoms with Crippen molar-refractivity contribution in [3.63, 3.8) is 0 Å². The van der Waals surface area contributed by atoms with Crippen LogP contribution in [0.1, 0.15) is 16.9 Å². The van der Waals surface area contributed by atoms with Crippen LogP contribution in [-0.2, 0) is 14.6 Å². The van der Waals surface area contributed by atoms with Crippen LogP contribution in [0, 0.1) is 0 Å². The average Bonchev–Trinajstić information content (AvgIpc) is 2.79. The quantitative estimate of drug-likeness (QED) is 0.801. The maximum absolute atomic E-state index is 12.5. The molecule has 7 nitrogen and oxygen atoms in total. The Hall–Kier alpha value is -1.67. The Labute approximate surface area is 122 Å². The molecule has 0 saturated carbocycles. The third-order valence-electron chi connectivity index (χ3n) is 3.45. The Morgan fingerprint density at radius 3 is 2.81 bits per heavy atom. The molecule has 2 heterocycles. The second-order valence-corrected chi connectivity index (χ2v) is 7.21. The van der Waals surface area contributed by atoms with E-state index in [4.69, 9.17) is 4.74 Å². The predicted molar refractivity (Wildman–Crippen MR) is 77.0 cm³/mol. The van der Waals surface area contributed by atoms with Gasteiger partial charge in [0, 0.05) is 25.8 Å². The molecule has 1 amide bonds. The molecule has 0 radical (unpaired) electrons. The smallest absolute Gasteiger partial charge is 0.270 e. The van der Waals surface area contributed by atoms with Crippen LogP contribution in [0.5, 0.6) is 0 Å². The molecule has 1 N–H and O–H groups in total.